The minimum atomic E-state index is -0.0768. The van der Waals surface area contributed by atoms with Gasteiger partial charge in [-0.2, -0.15) is 0 Å². The molecular formula is C18H28ClN3O3. The first kappa shape index (κ1) is 21.3. The van der Waals surface area contributed by atoms with Gasteiger partial charge >= 0.3 is 0 Å². The number of hydrogen-bond acceptors (Lipinski definition) is 4. The van der Waals surface area contributed by atoms with E-state index in [0.29, 0.717) is 31.1 Å². The lowest BCUT2D eigenvalue weighted by Crippen LogP contribution is -2.34. The van der Waals surface area contributed by atoms with Gasteiger partial charge in [0.05, 0.1) is 6.54 Å². The number of carbonyl (C=O) groups is 2. The molecule has 0 aromatic heterocycles. The fraction of sp³-hybridized carbons (Fsp3) is 0.556. The third-order valence-electron chi connectivity index (χ3n) is 4.01. The lowest BCUT2D eigenvalue weighted by Gasteiger charge is -2.18. The predicted molar refractivity (Wildman–Crippen MR) is 101 cm³/mol. The molecule has 0 atom stereocenters. The van der Waals surface area contributed by atoms with Crippen molar-refractivity contribution in [3.8, 4) is 5.75 Å². The molecule has 7 heteroatoms. The van der Waals surface area contributed by atoms with Gasteiger partial charge in [0.15, 0.2) is 6.61 Å². The van der Waals surface area contributed by atoms with E-state index in [0.717, 1.165) is 12.5 Å². The topological polar surface area (TPSA) is 70.7 Å². The first-order chi connectivity index (χ1) is 11.6. The number of nitrogens with one attached hydrogen (secondary N) is 2. The third kappa shape index (κ3) is 7.75. The predicted octanol–water partition coefficient (Wildman–Crippen LogP) is 2.29. The fourth-order valence-electron chi connectivity index (χ4n) is 2.39. The second-order valence-corrected chi connectivity index (χ2v) is 6.00. The van der Waals surface area contributed by atoms with E-state index in [2.05, 4.69) is 10.6 Å². The van der Waals surface area contributed by atoms with E-state index < -0.39 is 0 Å². The number of hydrogen-bond donors (Lipinski definition) is 2. The zero-order chi connectivity index (χ0) is 17.4. The van der Waals surface area contributed by atoms with E-state index in [4.69, 9.17) is 4.74 Å². The maximum Gasteiger partial charge on any atom is 0.260 e. The average Bonchev–Trinajstić information content (AvgIpc) is 3.39. The molecule has 6 nitrogen and oxygen atoms in total. The van der Waals surface area contributed by atoms with Crippen LogP contribution in [0.5, 0.6) is 5.75 Å². The highest BCUT2D eigenvalue weighted by Crippen LogP contribution is 2.27. The van der Waals surface area contributed by atoms with Gasteiger partial charge in [0.25, 0.3) is 5.91 Å². The van der Waals surface area contributed by atoms with Crippen LogP contribution >= 0.6 is 12.4 Å². The minimum absolute atomic E-state index is 0. The molecule has 0 heterocycles. The molecule has 1 saturated carbocycles. The molecule has 2 rings (SSSR count). The van der Waals surface area contributed by atoms with Gasteiger partial charge in [-0.05, 0) is 51.3 Å². The molecular weight excluding hydrogens is 342 g/mol. The molecule has 0 bridgehead atoms. The number of benzene rings is 1. The number of rotatable bonds is 10. The van der Waals surface area contributed by atoms with E-state index in [9.17, 15) is 9.59 Å². The van der Waals surface area contributed by atoms with Gasteiger partial charge in [-0.15, -0.1) is 12.4 Å². The summed E-state index contributed by atoms with van der Waals surface area (Å²) in [6, 6.07) is 7.10. The Hall–Kier alpha value is -1.79. The average molecular weight is 370 g/mol. The second kappa shape index (κ2) is 10.9. The Kier molecular flexibility index (Phi) is 9.31. The fourth-order valence-corrected chi connectivity index (χ4v) is 2.39. The highest BCUT2D eigenvalue weighted by atomic mass is 35.5. The molecule has 0 unspecified atom stereocenters. The van der Waals surface area contributed by atoms with Crippen LogP contribution in [-0.2, 0) is 9.59 Å². The van der Waals surface area contributed by atoms with Gasteiger partial charge in [-0.3, -0.25) is 9.59 Å². The Balaban J connectivity index is 0.00000312. The van der Waals surface area contributed by atoms with Crippen molar-refractivity contribution in [1.82, 2.24) is 10.2 Å². The van der Waals surface area contributed by atoms with E-state index in [-0.39, 0.29) is 30.8 Å². The summed E-state index contributed by atoms with van der Waals surface area (Å²) in [7, 11) is 0. The molecule has 0 spiro atoms. The SMILES string of the molecule is CCN(CC)C(=O)COc1cccc(NC(=O)CNCC2CC2)c1.Cl. The van der Waals surface area contributed by atoms with Gasteiger partial charge in [0.1, 0.15) is 5.75 Å². The first-order valence-electron chi connectivity index (χ1n) is 8.63. The number of anilines is 1. The number of likely N-dealkylation sites (N-methyl/N-ethyl adjacent to an activating group) is 1. The highest BCUT2D eigenvalue weighted by molar-refractivity contribution is 5.92. The van der Waals surface area contributed by atoms with Crippen LogP contribution in [0.2, 0.25) is 0 Å². The molecule has 1 aromatic carbocycles. The Morgan fingerprint density at radius 2 is 1.96 bits per heavy atom. The first-order valence-corrected chi connectivity index (χ1v) is 8.63. The molecule has 2 amide bonds. The molecule has 0 radical (unpaired) electrons. The summed E-state index contributed by atoms with van der Waals surface area (Å²) in [6.45, 7) is 6.43. The van der Waals surface area contributed by atoms with Crippen molar-refractivity contribution in [1.29, 1.82) is 0 Å². The summed E-state index contributed by atoms with van der Waals surface area (Å²) in [5.41, 5.74) is 0.668. The quantitative estimate of drug-likeness (QED) is 0.664. The van der Waals surface area contributed by atoms with Crippen molar-refractivity contribution in [2.75, 3.05) is 38.1 Å². The number of amides is 2. The van der Waals surface area contributed by atoms with E-state index in [1.807, 2.05) is 13.8 Å². The van der Waals surface area contributed by atoms with Crippen LogP contribution in [0.15, 0.2) is 24.3 Å². The molecule has 1 aliphatic carbocycles. The Bertz CT molecular complexity index is 560. The number of nitrogens with zero attached hydrogens (tertiary/aromatic N) is 1. The van der Waals surface area contributed by atoms with Gasteiger partial charge in [-0.1, -0.05) is 6.07 Å². The van der Waals surface area contributed by atoms with Gasteiger partial charge in [0, 0.05) is 24.8 Å². The van der Waals surface area contributed by atoms with Crippen molar-refractivity contribution in [3.63, 3.8) is 0 Å². The van der Waals surface area contributed by atoms with Crippen LogP contribution in [0, 0.1) is 5.92 Å². The van der Waals surface area contributed by atoms with E-state index in [1.54, 1.807) is 29.2 Å². The smallest absolute Gasteiger partial charge is 0.260 e. The summed E-state index contributed by atoms with van der Waals surface area (Å²) >= 11 is 0. The summed E-state index contributed by atoms with van der Waals surface area (Å²) in [6.07, 6.45) is 2.53. The Morgan fingerprint density at radius 1 is 1.24 bits per heavy atom. The molecule has 1 fully saturated rings. The van der Waals surface area contributed by atoms with Crippen LogP contribution in [0.4, 0.5) is 5.69 Å². The van der Waals surface area contributed by atoms with Crippen LogP contribution in [-0.4, -0.2) is 49.5 Å². The Morgan fingerprint density at radius 3 is 2.60 bits per heavy atom. The molecule has 140 valence electrons. The van der Waals surface area contributed by atoms with Gasteiger partial charge < -0.3 is 20.3 Å². The summed E-state index contributed by atoms with van der Waals surface area (Å²) in [5.74, 6) is 1.20. The maximum atomic E-state index is 11.9. The van der Waals surface area contributed by atoms with Crippen molar-refractivity contribution >= 4 is 29.9 Å². The molecule has 0 saturated heterocycles. The monoisotopic (exact) mass is 369 g/mol. The lowest BCUT2D eigenvalue weighted by molar-refractivity contribution is -0.133. The van der Waals surface area contributed by atoms with Crippen LogP contribution in [0.1, 0.15) is 26.7 Å². The lowest BCUT2D eigenvalue weighted by atomic mass is 10.3. The van der Waals surface area contributed by atoms with Gasteiger partial charge in [0.2, 0.25) is 5.91 Å². The summed E-state index contributed by atoms with van der Waals surface area (Å²) < 4.78 is 5.54. The van der Waals surface area contributed by atoms with Crippen LogP contribution in [0.25, 0.3) is 0 Å². The van der Waals surface area contributed by atoms with Crippen molar-refractivity contribution < 1.29 is 14.3 Å². The zero-order valence-electron chi connectivity index (χ0n) is 14.9. The third-order valence-corrected chi connectivity index (χ3v) is 4.01. The molecule has 0 aliphatic heterocycles. The van der Waals surface area contributed by atoms with Crippen molar-refractivity contribution in [2.45, 2.75) is 26.7 Å². The number of halogens is 1. The summed E-state index contributed by atoms with van der Waals surface area (Å²) in [5, 5.41) is 5.99. The largest absolute Gasteiger partial charge is 0.484 e. The van der Waals surface area contributed by atoms with Crippen molar-refractivity contribution in [2.24, 2.45) is 5.92 Å². The second-order valence-electron chi connectivity index (χ2n) is 6.00. The maximum absolute atomic E-state index is 11.9. The van der Waals surface area contributed by atoms with E-state index in [1.165, 1.54) is 12.8 Å². The molecule has 2 N–H and O–H groups in total. The Labute approximate surface area is 155 Å². The zero-order valence-corrected chi connectivity index (χ0v) is 15.7. The molecule has 1 aliphatic rings. The van der Waals surface area contributed by atoms with Crippen LogP contribution in [0.3, 0.4) is 0 Å². The summed E-state index contributed by atoms with van der Waals surface area (Å²) in [4.78, 5) is 25.5. The standard InChI is InChI=1S/C18H27N3O3.ClH/c1-3-21(4-2)18(23)13-24-16-7-5-6-15(10-16)20-17(22)12-19-11-14-8-9-14;/h5-7,10,14,19H,3-4,8-9,11-13H2,1-2H3,(H,20,22);1H. The molecule has 1 aromatic rings. The van der Waals surface area contributed by atoms with E-state index >= 15 is 0 Å². The normalized spacial score (nSPS) is 12.9. The number of carbonyl (C=O) groups excluding carboxylic acids is 2. The van der Waals surface area contributed by atoms with Gasteiger partial charge in [-0.25, -0.2) is 0 Å². The minimum Gasteiger partial charge on any atom is -0.484 e. The van der Waals surface area contributed by atoms with Crippen LogP contribution < -0.4 is 15.4 Å². The van der Waals surface area contributed by atoms with Crippen molar-refractivity contribution in [3.05, 3.63) is 24.3 Å². The molecule has 25 heavy (non-hydrogen) atoms. The highest BCUT2D eigenvalue weighted by Gasteiger charge is 2.20. The number of ether oxygens (including phenoxy) is 1.